The Hall–Kier alpha value is -1.84. The van der Waals surface area contributed by atoms with Crippen LogP contribution in [0.4, 0.5) is 5.82 Å². The van der Waals surface area contributed by atoms with Crippen LogP contribution in [-0.2, 0) is 6.42 Å². The maximum Gasteiger partial charge on any atom is 0.335 e. The van der Waals surface area contributed by atoms with Crippen LogP contribution in [0.3, 0.4) is 0 Å². The van der Waals surface area contributed by atoms with Crippen LogP contribution < -0.4 is 5.32 Å². The van der Waals surface area contributed by atoms with Crippen LogP contribution in [0.25, 0.3) is 0 Å². The van der Waals surface area contributed by atoms with Gasteiger partial charge in [-0.05, 0) is 25.5 Å². The molecule has 0 bridgehead atoms. The lowest BCUT2D eigenvalue weighted by Gasteiger charge is -2.12. The van der Waals surface area contributed by atoms with Crippen LogP contribution in [0.5, 0.6) is 0 Å². The van der Waals surface area contributed by atoms with Gasteiger partial charge in [0.15, 0.2) is 0 Å². The predicted molar refractivity (Wildman–Crippen MR) is 68.5 cm³/mol. The lowest BCUT2D eigenvalue weighted by atomic mass is 10.1. The van der Waals surface area contributed by atoms with Crippen molar-refractivity contribution in [2.45, 2.75) is 32.7 Å². The normalized spacial score (nSPS) is 11.9. The largest absolute Gasteiger partial charge is 0.478 e. The Kier molecular flexibility index (Phi) is 4.69. The summed E-state index contributed by atoms with van der Waals surface area (Å²) < 4.78 is 0. The molecule has 1 aromatic heterocycles. The Balaban J connectivity index is 3.02. The van der Waals surface area contributed by atoms with E-state index < -0.39 is 5.97 Å². The minimum absolute atomic E-state index is 0.0565. The summed E-state index contributed by atoms with van der Waals surface area (Å²) in [5, 5.41) is 12.1. The van der Waals surface area contributed by atoms with Gasteiger partial charge in [0.1, 0.15) is 5.82 Å². The molecule has 4 nitrogen and oxygen atoms in total. The van der Waals surface area contributed by atoms with Crippen molar-refractivity contribution in [1.82, 2.24) is 4.98 Å². The number of hydrogen-bond donors (Lipinski definition) is 2. The van der Waals surface area contributed by atoms with E-state index in [0.29, 0.717) is 5.82 Å². The number of aromatic carboxylic acids is 1. The number of hydrogen-bond acceptors (Lipinski definition) is 3. The van der Waals surface area contributed by atoms with E-state index in [1.807, 2.05) is 13.8 Å². The van der Waals surface area contributed by atoms with Crippen molar-refractivity contribution in [3.8, 4) is 0 Å². The topological polar surface area (TPSA) is 62.2 Å². The van der Waals surface area contributed by atoms with Crippen molar-refractivity contribution < 1.29 is 9.90 Å². The molecule has 0 aromatic carbocycles. The average Bonchev–Trinajstić information content (AvgIpc) is 2.29. The van der Waals surface area contributed by atoms with E-state index in [4.69, 9.17) is 5.11 Å². The molecule has 0 amide bonds. The van der Waals surface area contributed by atoms with Gasteiger partial charge in [-0.2, -0.15) is 0 Å². The third-order valence-corrected chi connectivity index (χ3v) is 2.36. The van der Waals surface area contributed by atoms with Crippen LogP contribution in [0, 0.1) is 0 Å². The molecule has 0 aliphatic carbocycles. The number of anilines is 1. The van der Waals surface area contributed by atoms with E-state index in [-0.39, 0.29) is 11.6 Å². The van der Waals surface area contributed by atoms with Gasteiger partial charge in [-0.15, -0.1) is 6.58 Å². The maximum absolute atomic E-state index is 11.0. The van der Waals surface area contributed by atoms with Gasteiger partial charge >= 0.3 is 5.97 Å². The molecule has 0 radical (unpaired) electrons. The number of nitrogens with zero attached hydrogens (tertiary/aromatic N) is 1. The van der Waals surface area contributed by atoms with E-state index in [0.717, 1.165) is 18.5 Å². The smallest absolute Gasteiger partial charge is 0.335 e. The molecule has 92 valence electrons. The summed E-state index contributed by atoms with van der Waals surface area (Å²) in [5.41, 5.74) is 1.06. The second kappa shape index (κ2) is 6.03. The van der Waals surface area contributed by atoms with Gasteiger partial charge < -0.3 is 10.4 Å². The number of aromatic nitrogens is 1. The fourth-order valence-corrected chi connectivity index (χ4v) is 1.46. The standard InChI is InChI=1S/C13H18N2O2/c1-4-6-11-7-10(13(16)17)8-12(15-11)14-9(3)5-2/h5,7-9H,2,4,6H2,1,3H3,(H,14,15)(H,16,17). The van der Waals surface area contributed by atoms with Gasteiger partial charge in [0, 0.05) is 11.7 Å². The first-order valence-electron chi connectivity index (χ1n) is 5.70. The van der Waals surface area contributed by atoms with Gasteiger partial charge in [-0.1, -0.05) is 19.4 Å². The van der Waals surface area contributed by atoms with Gasteiger partial charge in [0.2, 0.25) is 0 Å². The lowest BCUT2D eigenvalue weighted by molar-refractivity contribution is 0.0696. The zero-order valence-electron chi connectivity index (χ0n) is 10.2. The molecule has 0 aliphatic rings. The molecule has 1 unspecified atom stereocenters. The van der Waals surface area contributed by atoms with E-state index in [1.165, 1.54) is 0 Å². The summed E-state index contributed by atoms with van der Waals surface area (Å²) in [6.45, 7) is 7.63. The highest BCUT2D eigenvalue weighted by Crippen LogP contribution is 2.13. The summed E-state index contributed by atoms with van der Waals surface area (Å²) in [5.74, 6) is -0.347. The quantitative estimate of drug-likeness (QED) is 0.743. The number of carboxylic acid groups (broad SMARTS) is 1. The van der Waals surface area contributed by atoms with Crippen LogP contribution in [0.1, 0.15) is 36.3 Å². The second-order valence-corrected chi connectivity index (χ2v) is 3.96. The Morgan fingerprint density at radius 3 is 2.88 bits per heavy atom. The van der Waals surface area contributed by atoms with E-state index >= 15 is 0 Å². The first-order chi connectivity index (χ1) is 8.06. The first kappa shape index (κ1) is 13.2. The molecular formula is C13H18N2O2. The lowest BCUT2D eigenvalue weighted by Crippen LogP contribution is -2.14. The zero-order chi connectivity index (χ0) is 12.8. The minimum atomic E-state index is -0.931. The number of aryl methyl sites for hydroxylation is 1. The van der Waals surface area contributed by atoms with E-state index in [1.54, 1.807) is 18.2 Å². The third-order valence-electron chi connectivity index (χ3n) is 2.36. The molecular weight excluding hydrogens is 216 g/mol. The SMILES string of the molecule is C=CC(C)Nc1cc(C(=O)O)cc(CCC)n1. The molecule has 0 fully saturated rings. The van der Waals surface area contributed by atoms with Crippen LogP contribution >= 0.6 is 0 Å². The summed E-state index contributed by atoms with van der Waals surface area (Å²) >= 11 is 0. The van der Waals surface area contributed by atoms with Gasteiger partial charge in [0.25, 0.3) is 0 Å². The second-order valence-electron chi connectivity index (χ2n) is 3.96. The highest BCUT2D eigenvalue weighted by Gasteiger charge is 2.09. The molecule has 0 aliphatic heterocycles. The summed E-state index contributed by atoms with van der Waals surface area (Å²) in [6, 6.07) is 3.22. The van der Waals surface area contributed by atoms with Crippen molar-refractivity contribution >= 4 is 11.8 Å². The van der Waals surface area contributed by atoms with Gasteiger partial charge in [-0.3, -0.25) is 0 Å². The molecule has 0 spiro atoms. The maximum atomic E-state index is 11.0. The predicted octanol–water partition coefficient (Wildman–Crippen LogP) is 2.72. The Morgan fingerprint density at radius 2 is 2.35 bits per heavy atom. The first-order valence-corrected chi connectivity index (χ1v) is 5.70. The Morgan fingerprint density at radius 1 is 1.65 bits per heavy atom. The van der Waals surface area contributed by atoms with Crippen molar-refractivity contribution in [2.24, 2.45) is 0 Å². The number of pyridine rings is 1. The summed E-state index contributed by atoms with van der Waals surface area (Å²) in [6.07, 6.45) is 3.46. The molecule has 4 heteroatoms. The van der Waals surface area contributed by atoms with E-state index in [9.17, 15) is 4.79 Å². The monoisotopic (exact) mass is 234 g/mol. The highest BCUT2D eigenvalue weighted by atomic mass is 16.4. The molecule has 2 N–H and O–H groups in total. The van der Waals surface area contributed by atoms with E-state index in [2.05, 4.69) is 16.9 Å². The fraction of sp³-hybridized carbons (Fsp3) is 0.385. The van der Waals surface area contributed by atoms with Crippen LogP contribution in [0.15, 0.2) is 24.8 Å². The number of nitrogens with one attached hydrogen (secondary N) is 1. The average molecular weight is 234 g/mol. The highest BCUT2D eigenvalue weighted by molar-refractivity contribution is 5.88. The summed E-state index contributed by atoms with van der Waals surface area (Å²) in [4.78, 5) is 15.4. The molecule has 0 saturated carbocycles. The van der Waals surface area contributed by atoms with Crippen LogP contribution in [-0.4, -0.2) is 22.1 Å². The zero-order valence-corrected chi connectivity index (χ0v) is 10.2. The Bertz CT molecular complexity index is 416. The summed E-state index contributed by atoms with van der Waals surface area (Å²) in [7, 11) is 0. The molecule has 0 saturated heterocycles. The van der Waals surface area contributed by atoms with Crippen molar-refractivity contribution in [1.29, 1.82) is 0 Å². The molecule has 1 rings (SSSR count). The molecule has 17 heavy (non-hydrogen) atoms. The molecule has 1 heterocycles. The third kappa shape index (κ3) is 3.90. The van der Waals surface area contributed by atoms with Crippen molar-refractivity contribution in [3.63, 3.8) is 0 Å². The molecule has 1 atom stereocenters. The number of rotatable bonds is 6. The number of carboxylic acids is 1. The van der Waals surface area contributed by atoms with Gasteiger partial charge in [0.05, 0.1) is 5.56 Å². The molecule has 1 aromatic rings. The van der Waals surface area contributed by atoms with Crippen LogP contribution in [0.2, 0.25) is 0 Å². The minimum Gasteiger partial charge on any atom is -0.478 e. The number of carbonyl (C=O) groups is 1. The van der Waals surface area contributed by atoms with Gasteiger partial charge in [-0.25, -0.2) is 9.78 Å². The van der Waals surface area contributed by atoms with Crippen molar-refractivity contribution in [2.75, 3.05) is 5.32 Å². The Labute approximate surface area is 101 Å². The van der Waals surface area contributed by atoms with Crippen molar-refractivity contribution in [3.05, 3.63) is 36.0 Å². The fourth-order valence-electron chi connectivity index (χ4n) is 1.46.